The number of hydrogen-bond acceptors (Lipinski definition) is 4. The molecule has 0 atom stereocenters. The maximum atomic E-state index is 5.45. The molecule has 0 saturated carbocycles. The van der Waals surface area contributed by atoms with E-state index < -0.39 is 0 Å². The monoisotopic (exact) mass is 243 g/mol. The largest absolute Gasteiger partial charge is 0.494 e. The molecule has 0 spiro atoms. The van der Waals surface area contributed by atoms with Crippen LogP contribution in [0.3, 0.4) is 0 Å². The van der Waals surface area contributed by atoms with Gasteiger partial charge in [-0.15, -0.1) is 0 Å². The molecule has 1 N–H and O–H groups in total. The first kappa shape index (κ1) is 11.3. The molecular weight excluding hydrogens is 226 g/mol. The number of hydrogen-bond donors (Lipinski definition) is 1. The van der Waals surface area contributed by atoms with Gasteiger partial charge in [-0.3, -0.25) is 4.98 Å². The second-order valence-corrected chi connectivity index (χ2v) is 4.46. The highest BCUT2D eigenvalue weighted by molar-refractivity contribution is 5.88. The van der Waals surface area contributed by atoms with E-state index in [4.69, 9.17) is 4.74 Å². The van der Waals surface area contributed by atoms with E-state index >= 15 is 0 Å². The van der Waals surface area contributed by atoms with Crippen molar-refractivity contribution < 1.29 is 4.74 Å². The number of fused-ring (bicyclic) bond motifs is 1. The fourth-order valence-electron chi connectivity index (χ4n) is 2.40. The summed E-state index contributed by atoms with van der Waals surface area (Å²) in [5.41, 5.74) is 2.15. The number of nitrogens with zero attached hydrogens (tertiary/aromatic N) is 2. The molecule has 1 fully saturated rings. The van der Waals surface area contributed by atoms with Crippen molar-refractivity contribution in [1.29, 1.82) is 0 Å². The number of piperazine rings is 1. The van der Waals surface area contributed by atoms with E-state index in [1.165, 1.54) is 5.69 Å². The molecule has 1 aliphatic rings. The summed E-state index contributed by atoms with van der Waals surface area (Å²) < 4.78 is 5.45. The van der Waals surface area contributed by atoms with E-state index in [0.717, 1.165) is 42.8 Å². The first-order valence-corrected chi connectivity index (χ1v) is 6.27. The van der Waals surface area contributed by atoms with Gasteiger partial charge in [0.2, 0.25) is 0 Å². The van der Waals surface area contributed by atoms with Crippen LogP contribution >= 0.6 is 0 Å². The van der Waals surface area contributed by atoms with Crippen molar-refractivity contribution in [1.82, 2.24) is 10.3 Å². The number of anilines is 1. The number of methoxy groups -OCH3 is 1. The Morgan fingerprint density at radius 2 is 2.11 bits per heavy atom. The smallest absolute Gasteiger partial charge is 0.147 e. The topological polar surface area (TPSA) is 37.4 Å². The fraction of sp³-hybridized carbons (Fsp3) is 0.357. The van der Waals surface area contributed by atoms with E-state index in [1.54, 1.807) is 13.3 Å². The normalized spacial score (nSPS) is 15.9. The van der Waals surface area contributed by atoms with Crippen LogP contribution < -0.4 is 15.0 Å². The summed E-state index contributed by atoms with van der Waals surface area (Å²) in [7, 11) is 1.70. The van der Waals surface area contributed by atoms with Crippen molar-refractivity contribution in [2.24, 2.45) is 0 Å². The zero-order valence-electron chi connectivity index (χ0n) is 10.5. The highest BCUT2D eigenvalue weighted by Gasteiger charge is 2.13. The molecule has 18 heavy (non-hydrogen) atoms. The lowest BCUT2D eigenvalue weighted by atomic mass is 10.1. The summed E-state index contributed by atoms with van der Waals surface area (Å²) in [6.07, 6.45) is 1.80. The van der Waals surface area contributed by atoms with Crippen LogP contribution in [-0.2, 0) is 0 Å². The van der Waals surface area contributed by atoms with Crippen LogP contribution in [-0.4, -0.2) is 38.3 Å². The molecule has 94 valence electrons. The minimum absolute atomic E-state index is 0.849. The molecular formula is C14H17N3O. The lowest BCUT2D eigenvalue weighted by molar-refractivity contribution is 0.418. The second-order valence-electron chi connectivity index (χ2n) is 4.46. The van der Waals surface area contributed by atoms with Crippen LogP contribution in [0.25, 0.3) is 10.9 Å². The van der Waals surface area contributed by atoms with E-state index in [9.17, 15) is 0 Å². The summed E-state index contributed by atoms with van der Waals surface area (Å²) in [6.45, 7) is 4.14. The van der Waals surface area contributed by atoms with Crippen LogP contribution in [0.15, 0.2) is 30.5 Å². The predicted octanol–water partition coefficient (Wildman–Crippen LogP) is 1.65. The van der Waals surface area contributed by atoms with Crippen molar-refractivity contribution in [3.05, 3.63) is 30.5 Å². The first-order chi connectivity index (χ1) is 8.88. The molecule has 1 saturated heterocycles. The quantitative estimate of drug-likeness (QED) is 0.870. The molecule has 0 bridgehead atoms. The molecule has 0 unspecified atom stereocenters. The molecule has 4 heteroatoms. The Bertz CT molecular complexity index is 550. The van der Waals surface area contributed by atoms with E-state index in [0.29, 0.717) is 0 Å². The highest BCUT2D eigenvalue weighted by atomic mass is 16.5. The summed E-state index contributed by atoms with van der Waals surface area (Å²) in [5.74, 6) is 0.849. The van der Waals surface area contributed by atoms with Gasteiger partial charge < -0.3 is 15.0 Å². The highest BCUT2D eigenvalue weighted by Crippen LogP contribution is 2.30. The molecule has 2 heterocycles. The molecule has 0 aliphatic carbocycles. The van der Waals surface area contributed by atoms with Gasteiger partial charge in [-0.2, -0.15) is 0 Å². The van der Waals surface area contributed by atoms with Crippen molar-refractivity contribution >= 4 is 16.6 Å². The summed E-state index contributed by atoms with van der Waals surface area (Å²) in [4.78, 5) is 6.76. The molecule has 1 aromatic heterocycles. The maximum Gasteiger partial charge on any atom is 0.147 e. The Balaban J connectivity index is 2.07. The van der Waals surface area contributed by atoms with Gasteiger partial charge in [0.1, 0.15) is 11.3 Å². The van der Waals surface area contributed by atoms with Crippen LogP contribution in [0.4, 0.5) is 5.69 Å². The Morgan fingerprint density at radius 1 is 1.28 bits per heavy atom. The molecule has 1 aromatic carbocycles. The molecule has 0 amide bonds. The zero-order chi connectivity index (χ0) is 12.4. The molecule has 0 radical (unpaired) electrons. The first-order valence-electron chi connectivity index (χ1n) is 6.27. The molecule has 1 aliphatic heterocycles. The SMILES string of the molecule is COc1cc(N2CCNCC2)cc2cccnc12. The van der Waals surface area contributed by atoms with Crippen LogP contribution in [0.1, 0.15) is 0 Å². The van der Waals surface area contributed by atoms with Gasteiger partial charge in [0, 0.05) is 49.5 Å². The van der Waals surface area contributed by atoms with Crippen LogP contribution in [0, 0.1) is 0 Å². The molecule has 2 aromatic rings. The third kappa shape index (κ3) is 1.99. The van der Waals surface area contributed by atoms with Gasteiger partial charge in [-0.25, -0.2) is 0 Å². The van der Waals surface area contributed by atoms with Gasteiger partial charge in [0.15, 0.2) is 0 Å². The van der Waals surface area contributed by atoms with Gasteiger partial charge in [-0.1, -0.05) is 6.07 Å². The summed E-state index contributed by atoms with van der Waals surface area (Å²) in [5, 5.41) is 4.49. The summed E-state index contributed by atoms with van der Waals surface area (Å²) in [6, 6.07) is 8.32. The number of nitrogens with one attached hydrogen (secondary N) is 1. The number of aromatic nitrogens is 1. The average Bonchev–Trinajstić information content (AvgIpc) is 2.47. The third-order valence-corrected chi connectivity index (χ3v) is 3.36. The van der Waals surface area contributed by atoms with Crippen molar-refractivity contribution in [3.8, 4) is 5.75 Å². The van der Waals surface area contributed by atoms with Gasteiger partial charge in [0.25, 0.3) is 0 Å². The summed E-state index contributed by atoms with van der Waals surface area (Å²) >= 11 is 0. The maximum absolute atomic E-state index is 5.45. The van der Waals surface area contributed by atoms with Gasteiger partial charge in [-0.05, 0) is 12.1 Å². The van der Waals surface area contributed by atoms with Gasteiger partial charge in [0.05, 0.1) is 7.11 Å². The Morgan fingerprint density at radius 3 is 2.89 bits per heavy atom. The van der Waals surface area contributed by atoms with E-state index in [1.807, 2.05) is 6.07 Å². The molecule has 3 rings (SSSR count). The predicted molar refractivity (Wildman–Crippen MR) is 73.4 cm³/mol. The Kier molecular flexibility index (Phi) is 3.02. The van der Waals surface area contributed by atoms with E-state index in [-0.39, 0.29) is 0 Å². The fourth-order valence-corrected chi connectivity index (χ4v) is 2.40. The lowest BCUT2D eigenvalue weighted by Gasteiger charge is -2.29. The average molecular weight is 243 g/mol. The van der Waals surface area contributed by atoms with Crippen LogP contribution in [0.5, 0.6) is 5.75 Å². The minimum atomic E-state index is 0.849. The zero-order valence-corrected chi connectivity index (χ0v) is 10.5. The third-order valence-electron chi connectivity index (χ3n) is 3.36. The van der Waals surface area contributed by atoms with Crippen molar-refractivity contribution in [2.75, 3.05) is 38.2 Å². The number of benzene rings is 1. The number of pyridine rings is 1. The molecule has 4 nitrogen and oxygen atoms in total. The Labute approximate surface area is 107 Å². The van der Waals surface area contributed by atoms with Crippen molar-refractivity contribution in [3.63, 3.8) is 0 Å². The van der Waals surface area contributed by atoms with Crippen molar-refractivity contribution in [2.45, 2.75) is 0 Å². The van der Waals surface area contributed by atoms with E-state index in [2.05, 4.69) is 33.4 Å². The lowest BCUT2D eigenvalue weighted by Crippen LogP contribution is -2.43. The van der Waals surface area contributed by atoms with Gasteiger partial charge >= 0.3 is 0 Å². The number of ether oxygens (including phenoxy) is 1. The second kappa shape index (κ2) is 4.82. The minimum Gasteiger partial charge on any atom is -0.494 e. The number of rotatable bonds is 2. The Hall–Kier alpha value is -1.81. The standard InChI is InChI=1S/C14H17N3O/c1-18-13-10-12(17-7-5-15-6-8-17)9-11-3-2-4-16-14(11)13/h2-4,9-10,15H,5-8H2,1H3. The van der Waals surface area contributed by atoms with Crippen LogP contribution in [0.2, 0.25) is 0 Å².